The van der Waals surface area contributed by atoms with Gasteiger partial charge in [0.25, 0.3) is 5.79 Å². The van der Waals surface area contributed by atoms with Crippen LogP contribution in [0.5, 0.6) is 34.5 Å². The summed E-state index contributed by atoms with van der Waals surface area (Å²) in [6.45, 7) is 0.824. The van der Waals surface area contributed by atoms with Gasteiger partial charge in [0.15, 0.2) is 41.7 Å². The highest BCUT2D eigenvalue weighted by atomic mass is 16.8. The van der Waals surface area contributed by atoms with Crippen molar-refractivity contribution in [3.63, 3.8) is 0 Å². The molecule has 242 valence electrons. The van der Waals surface area contributed by atoms with Crippen LogP contribution in [0.3, 0.4) is 0 Å². The number of phenols is 4. The first-order valence-electron chi connectivity index (χ1n) is 13.3. The lowest BCUT2D eigenvalue weighted by Gasteiger charge is -2.47. The molecule has 0 spiro atoms. The molecule has 0 aromatic heterocycles. The van der Waals surface area contributed by atoms with Crippen molar-refractivity contribution in [1.29, 1.82) is 0 Å². The molecule has 3 heterocycles. The average Bonchev–Trinajstić information content (AvgIpc) is 2.97. The van der Waals surface area contributed by atoms with E-state index in [1.165, 1.54) is 6.92 Å². The molecule has 17 nitrogen and oxygen atoms in total. The van der Waals surface area contributed by atoms with Gasteiger partial charge in [0, 0.05) is 11.6 Å². The van der Waals surface area contributed by atoms with Crippen LogP contribution in [-0.2, 0) is 18.9 Å². The molecule has 0 radical (unpaired) electrons. The second-order valence-electron chi connectivity index (χ2n) is 10.6. The van der Waals surface area contributed by atoms with Gasteiger partial charge in [0.2, 0.25) is 11.5 Å². The number of ketones is 1. The summed E-state index contributed by atoms with van der Waals surface area (Å²) in [4.78, 5) is 14.0. The summed E-state index contributed by atoms with van der Waals surface area (Å²) in [7, 11) is 1.13. The molecule has 2 aromatic rings. The van der Waals surface area contributed by atoms with Crippen LogP contribution in [0.1, 0.15) is 28.9 Å². The van der Waals surface area contributed by atoms with E-state index in [0.29, 0.717) is 0 Å². The molecule has 2 unspecified atom stereocenters. The molecule has 11 atom stereocenters. The Labute approximate surface area is 248 Å². The molecule has 3 aliphatic heterocycles. The maximum absolute atomic E-state index is 14.0. The normalized spacial score (nSPS) is 37.2. The number of aliphatic hydroxyl groups is 6. The van der Waals surface area contributed by atoms with E-state index in [2.05, 4.69) is 0 Å². The summed E-state index contributed by atoms with van der Waals surface area (Å²) in [5.74, 6) is -8.26. The number of fused-ring (bicyclic) bond motifs is 1. The minimum absolute atomic E-state index is 0.184. The number of carbonyl (C=O) groups excluding carboxylic acids is 1. The highest BCUT2D eigenvalue weighted by molar-refractivity contribution is 6.08. The van der Waals surface area contributed by atoms with E-state index in [0.717, 1.165) is 31.4 Å². The molecular weight excluding hydrogens is 596 g/mol. The minimum Gasteiger partial charge on any atom is -0.507 e. The molecule has 0 amide bonds. The maximum Gasteiger partial charge on any atom is 0.276 e. The molecule has 10 N–H and O–H groups in total. The fourth-order valence-electron chi connectivity index (χ4n) is 5.22. The zero-order chi connectivity index (χ0) is 32.2. The van der Waals surface area contributed by atoms with Gasteiger partial charge in [0.1, 0.15) is 47.9 Å². The van der Waals surface area contributed by atoms with Crippen LogP contribution < -0.4 is 9.47 Å². The zero-order valence-corrected chi connectivity index (χ0v) is 23.1. The minimum atomic E-state index is -3.20. The van der Waals surface area contributed by atoms with E-state index in [9.17, 15) is 55.9 Å². The van der Waals surface area contributed by atoms with Gasteiger partial charge in [-0.05, 0) is 19.1 Å². The lowest BCUT2D eigenvalue weighted by Crippen LogP contribution is -2.65. The lowest BCUT2D eigenvalue weighted by molar-refractivity contribution is -0.386. The van der Waals surface area contributed by atoms with Gasteiger partial charge >= 0.3 is 0 Å². The van der Waals surface area contributed by atoms with Gasteiger partial charge in [0.05, 0.1) is 19.8 Å². The van der Waals surface area contributed by atoms with Crippen molar-refractivity contribution in [2.45, 2.75) is 74.1 Å². The van der Waals surface area contributed by atoms with Gasteiger partial charge in [-0.1, -0.05) is 6.07 Å². The Morgan fingerprint density at radius 2 is 1.57 bits per heavy atom. The van der Waals surface area contributed by atoms with Crippen LogP contribution in [0.4, 0.5) is 0 Å². The molecular formula is C27H32O17. The van der Waals surface area contributed by atoms with Crippen LogP contribution in [0.2, 0.25) is 0 Å². The van der Waals surface area contributed by atoms with E-state index in [1.807, 2.05) is 0 Å². The van der Waals surface area contributed by atoms with E-state index >= 15 is 0 Å². The molecule has 2 aromatic carbocycles. The maximum atomic E-state index is 14.0. The molecule has 3 aliphatic rings. The van der Waals surface area contributed by atoms with Crippen molar-refractivity contribution in [2.75, 3.05) is 13.7 Å². The van der Waals surface area contributed by atoms with Crippen molar-refractivity contribution in [2.24, 2.45) is 0 Å². The van der Waals surface area contributed by atoms with Crippen molar-refractivity contribution >= 4 is 5.78 Å². The van der Waals surface area contributed by atoms with Gasteiger partial charge in [-0.25, -0.2) is 0 Å². The largest absolute Gasteiger partial charge is 0.507 e. The monoisotopic (exact) mass is 628 g/mol. The topological polar surface area (TPSA) is 275 Å². The second kappa shape index (κ2) is 11.8. The Hall–Kier alpha value is -3.49. The summed E-state index contributed by atoms with van der Waals surface area (Å²) in [6.07, 6.45) is -17.3. The number of ether oxygens (including phenoxy) is 6. The number of aliphatic hydroxyl groups excluding tert-OH is 5. The second-order valence-corrected chi connectivity index (χ2v) is 10.6. The summed E-state index contributed by atoms with van der Waals surface area (Å²) in [5.41, 5.74) is -0.886. The van der Waals surface area contributed by atoms with Gasteiger partial charge in [-0.2, -0.15) is 0 Å². The number of aromatic hydroxyl groups is 4. The molecule has 0 saturated carbocycles. The van der Waals surface area contributed by atoms with Crippen LogP contribution in [0.25, 0.3) is 0 Å². The Morgan fingerprint density at radius 3 is 2.23 bits per heavy atom. The Morgan fingerprint density at radius 1 is 0.864 bits per heavy atom. The highest BCUT2D eigenvalue weighted by Gasteiger charge is 2.59. The first-order chi connectivity index (χ1) is 20.7. The molecule has 0 bridgehead atoms. The summed E-state index contributed by atoms with van der Waals surface area (Å²) in [6, 6.07) is 3.84. The predicted octanol–water partition coefficient (Wildman–Crippen LogP) is -2.17. The van der Waals surface area contributed by atoms with Crippen LogP contribution in [-0.4, -0.2) is 132 Å². The smallest absolute Gasteiger partial charge is 0.276 e. The molecule has 0 aliphatic carbocycles. The zero-order valence-electron chi connectivity index (χ0n) is 23.1. The predicted molar refractivity (Wildman–Crippen MR) is 139 cm³/mol. The fourth-order valence-corrected chi connectivity index (χ4v) is 5.22. The summed E-state index contributed by atoms with van der Waals surface area (Å²) >= 11 is 0. The van der Waals surface area contributed by atoms with E-state index in [4.69, 9.17) is 28.4 Å². The molecule has 17 heteroatoms. The number of rotatable bonds is 6. The fraction of sp³-hybridized carbons (Fsp3) is 0.519. The van der Waals surface area contributed by atoms with E-state index in [-0.39, 0.29) is 5.56 Å². The van der Waals surface area contributed by atoms with Crippen LogP contribution in [0.15, 0.2) is 24.3 Å². The van der Waals surface area contributed by atoms with Crippen molar-refractivity contribution < 1.29 is 84.3 Å². The number of hydrogen-bond donors (Lipinski definition) is 10. The Bertz CT molecular complexity index is 1400. The van der Waals surface area contributed by atoms with E-state index in [1.54, 1.807) is 0 Å². The summed E-state index contributed by atoms with van der Waals surface area (Å²) < 4.78 is 33.2. The molecule has 44 heavy (non-hydrogen) atoms. The Balaban J connectivity index is 1.59. The third-order valence-corrected chi connectivity index (χ3v) is 7.67. The van der Waals surface area contributed by atoms with E-state index < -0.39 is 120 Å². The molecule has 5 rings (SSSR count). The quantitative estimate of drug-likeness (QED) is 0.120. The van der Waals surface area contributed by atoms with Crippen molar-refractivity contribution in [3.8, 4) is 34.5 Å². The highest BCUT2D eigenvalue weighted by Crippen LogP contribution is 2.53. The van der Waals surface area contributed by atoms with Gasteiger partial charge in [-0.3, -0.25) is 4.79 Å². The van der Waals surface area contributed by atoms with Crippen molar-refractivity contribution in [1.82, 2.24) is 0 Å². The number of benzene rings is 2. The Kier molecular flexibility index (Phi) is 8.55. The lowest BCUT2D eigenvalue weighted by atomic mass is 9.88. The first kappa shape index (κ1) is 31.9. The number of carbonyl (C=O) groups is 1. The van der Waals surface area contributed by atoms with Crippen LogP contribution in [0, 0.1) is 0 Å². The van der Waals surface area contributed by atoms with Crippen LogP contribution >= 0.6 is 0 Å². The first-order valence-corrected chi connectivity index (χ1v) is 13.3. The van der Waals surface area contributed by atoms with Gasteiger partial charge < -0.3 is 79.5 Å². The average molecular weight is 629 g/mol. The SMILES string of the molecule is COc1c(O)cc(O)c2c1OC(c1ccc(O)c(O)c1)C(O)(O[C@@H]1O[C@@H](C)[C@H](O)[C@@H](O)[C@H]1O[C@H]1OC[C@@H](O)[C@H](O)[C@H]1O)C2=O. The molecule has 2 saturated heterocycles. The molecule has 2 fully saturated rings. The number of methoxy groups -OCH3 is 1. The third kappa shape index (κ3) is 5.26. The number of hydrogen-bond acceptors (Lipinski definition) is 17. The number of phenolic OH excluding ortho intramolecular Hbond substituents is 4. The van der Waals surface area contributed by atoms with Crippen molar-refractivity contribution in [3.05, 3.63) is 35.4 Å². The van der Waals surface area contributed by atoms with Gasteiger partial charge in [-0.15, -0.1) is 0 Å². The third-order valence-electron chi connectivity index (χ3n) is 7.67. The standard InChI is InChI=1S/C27H32O17/c1-8-16(33)18(35)22(43-25-19(36)17(34)14(32)7-40-25)26(41-8)44-27(38)23(37)15-12(30)6-13(31)20(39-2)21(15)42-24(27)9-3-4-10(28)11(29)5-9/h3-6,8,14,16-19,22,24-26,28-36,38H,7H2,1-2H3/t8-,14+,16-,17-,18+,19+,22+,24?,25+,26-,27?/m0/s1. The summed E-state index contributed by atoms with van der Waals surface area (Å²) in [5, 5.41) is 104. The number of Topliss-reactive ketones (excluding diaryl/α,β-unsaturated/α-hetero) is 1.